The lowest BCUT2D eigenvalue weighted by Crippen LogP contribution is -2.63. The Bertz CT molecular complexity index is 1220. The highest BCUT2D eigenvalue weighted by Crippen LogP contribution is 2.31. The predicted molar refractivity (Wildman–Crippen MR) is 135 cm³/mol. The highest BCUT2D eigenvalue weighted by molar-refractivity contribution is 7.86. The van der Waals surface area contributed by atoms with Gasteiger partial charge in [0.15, 0.2) is 0 Å². The maximum atomic E-state index is 13.1. The first kappa shape index (κ1) is 23.3. The molecule has 10 nitrogen and oxygen atoms in total. The molecule has 4 aliphatic rings. The first-order valence-electron chi connectivity index (χ1n) is 13.1. The molecule has 1 aliphatic carbocycles. The van der Waals surface area contributed by atoms with Crippen LogP contribution in [0.15, 0.2) is 23.1 Å². The van der Waals surface area contributed by atoms with Crippen LogP contribution in [-0.2, 0) is 10.2 Å². The average Bonchev–Trinajstić information content (AvgIpc) is 3.53. The molecule has 0 amide bonds. The van der Waals surface area contributed by atoms with Gasteiger partial charge in [-0.15, -0.1) is 0 Å². The van der Waals surface area contributed by atoms with E-state index in [9.17, 15) is 13.2 Å². The molecular weight excluding hydrogens is 466 g/mol. The summed E-state index contributed by atoms with van der Waals surface area (Å²) in [6.07, 6.45) is 9.93. The van der Waals surface area contributed by atoms with E-state index >= 15 is 0 Å². The molecule has 2 aromatic heterocycles. The van der Waals surface area contributed by atoms with Gasteiger partial charge in [0.25, 0.3) is 15.8 Å². The summed E-state index contributed by atoms with van der Waals surface area (Å²) < 4.78 is 31.3. The maximum Gasteiger partial charge on any atom is 0.282 e. The second kappa shape index (κ2) is 9.42. The minimum Gasteiger partial charge on any atom is -0.351 e. The zero-order valence-corrected chi connectivity index (χ0v) is 21.0. The molecule has 0 atom stereocenters. The van der Waals surface area contributed by atoms with Crippen molar-refractivity contribution in [2.45, 2.75) is 69.5 Å². The quantitative estimate of drug-likeness (QED) is 0.644. The standard InChI is InChI=1S/C24H35N7O3S/c32-22-8-7-18-15-25-24(27-23(18)31(22)20-5-1-2-6-20)26-19-9-13-29(14-10-19)35(33,34)30-16-21(17-30)28-11-3-4-12-28/h7-8,15,19-21H,1-6,9-14,16-17H2,(H,25,26,27). The zero-order valence-electron chi connectivity index (χ0n) is 20.2. The van der Waals surface area contributed by atoms with E-state index in [1.165, 1.54) is 12.8 Å². The van der Waals surface area contributed by atoms with Crippen LogP contribution in [-0.4, -0.2) is 87.8 Å². The molecule has 3 aliphatic heterocycles. The molecule has 6 rings (SSSR count). The Hall–Kier alpha value is -2.08. The summed E-state index contributed by atoms with van der Waals surface area (Å²) >= 11 is 0. The van der Waals surface area contributed by atoms with E-state index in [-0.39, 0.29) is 17.6 Å². The lowest BCUT2D eigenvalue weighted by molar-refractivity contribution is 0.103. The Morgan fingerprint density at radius 3 is 2.29 bits per heavy atom. The summed E-state index contributed by atoms with van der Waals surface area (Å²) in [7, 11) is -3.39. The van der Waals surface area contributed by atoms with Crippen molar-refractivity contribution in [2.24, 2.45) is 0 Å². The smallest absolute Gasteiger partial charge is 0.282 e. The molecular formula is C24H35N7O3S. The summed E-state index contributed by atoms with van der Waals surface area (Å²) in [6.45, 7) is 4.42. The molecule has 0 bridgehead atoms. The van der Waals surface area contributed by atoms with Crippen LogP contribution in [0, 0.1) is 0 Å². The molecule has 4 fully saturated rings. The first-order valence-corrected chi connectivity index (χ1v) is 14.5. The Morgan fingerprint density at radius 1 is 0.857 bits per heavy atom. The van der Waals surface area contributed by atoms with Crippen LogP contribution in [0.5, 0.6) is 0 Å². The van der Waals surface area contributed by atoms with E-state index in [1.54, 1.807) is 26.9 Å². The number of fused-ring (bicyclic) bond motifs is 1. The predicted octanol–water partition coefficient (Wildman–Crippen LogP) is 1.81. The fraction of sp³-hybridized carbons (Fsp3) is 0.708. The molecule has 190 valence electrons. The van der Waals surface area contributed by atoms with Gasteiger partial charge in [-0.25, -0.2) is 4.98 Å². The Morgan fingerprint density at radius 2 is 1.57 bits per heavy atom. The maximum absolute atomic E-state index is 13.1. The van der Waals surface area contributed by atoms with E-state index in [0.29, 0.717) is 56.7 Å². The second-order valence-electron chi connectivity index (χ2n) is 10.5. The van der Waals surface area contributed by atoms with Crippen LogP contribution in [0.25, 0.3) is 11.0 Å². The van der Waals surface area contributed by atoms with Crippen molar-refractivity contribution >= 4 is 27.2 Å². The Balaban J connectivity index is 1.09. The minimum absolute atomic E-state index is 0.00877. The molecule has 3 saturated heterocycles. The summed E-state index contributed by atoms with van der Waals surface area (Å²) in [6, 6.07) is 4.09. The number of pyridine rings is 1. The van der Waals surface area contributed by atoms with Crippen LogP contribution in [0.3, 0.4) is 0 Å². The van der Waals surface area contributed by atoms with Crippen molar-refractivity contribution in [3.8, 4) is 0 Å². The van der Waals surface area contributed by atoms with Gasteiger partial charge >= 0.3 is 0 Å². The van der Waals surface area contributed by atoms with E-state index in [4.69, 9.17) is 4.98 Å². The number of hydrogen-bond donors (Lipinski definition) is 1. The van der Waals surface area contributed by atoms with Gasteiger partial charge in [-0.3, -0.25) is 14.3 Å². The van der Waals surface area contributed by atoms with Gasteiger partial charge in [0.1, 0.15) is 5.65 Å². The van der Waals surface area contributed by atoms with E-state index < -0.39 is 10.2 Å². The van der Waals surface area contributed by atoms with Crippen LogP contribution in [0.2, 0.25) is 0 Å². The third kappa shape index (κ3) is 4.47. The van der Waals surface area contributed by atoms with Gasteiger partial charge in [0.05, 0.1) is 0 Å². The molecule has 5 heterocycles. The molecule has 0 radical (unpaired) electrons. The van der Waals surface area contributed by atoms with Gasteiger partial charge < -0.3 is 5.32 Å². The summed E-state index contributed by atoms with van der Waals surface area (Å²) in [5.41, 5.74) is 0.679. The van der Waals surface area contributed by atoms with Crippen molar-refractivity contribution in [3.63, 3.8) is 0 Å². The molecule has 11 heteroatoms. The average molecular weight is 502 g/mol. The normalized spacial score (nSPS) is 24.3. The number of nitrogens with zero attached hydrogens (tertiary/aromatic N) is 6. The van der Waals surface area contributed by atoms with Crippen molar-refractivity contribution < 1.29 is 8.42 Å². The fourth-order valence-corrected chi connectivity index (χ4v) is 7.86. The molecule has 0 spiro atoms. The summed E-state index contributed by atoms with van der Waals surface area (Å²) in [4.78, 5) is 24.3. The number of piperidine rings is 1. The Labute approximate surface area is 206 Å². The summed E-state index contributed by atoms with van der Waals surface area (Å²) in [5, 5.41) is 4.27. The third-order valence-electron chi connectivity index (χ3n) is 8.28. The van der Waals surface area contributed by atoms with E-state index in [1.807, 2.05) is 4.57 Å². The molecule has 0 aromatic carbocycles. The summed E-state index contributed by atoms with van der Waals surface area (Å²) in [5.74, 6) is 0.507. The lowest BCUT2D eigenvalue weighted by atomic mass is 10.1. The lowest BCUT2D eigenvalue weighted by Gasteiger charge is -2.45. The minimum atomic E-state index is -3.39. The van der Waals surface area contributed by atoms with Gasteiger partial charge in [0.2, 0.25) is 5.95 Å². The first-order chi connectivity index (χ1) is 17.0. The van der Waals surface area contributed by atoms with Gasteiger partial charge in [-0.2, -0.15) is 22.0 Å². The largest absolute Gasteiger partial charge is 0.351 e. The Kier molecular flexibility index (Phi) is 6.28. The van der Waals surface area contributed by atoms with Crippen molar-refractivity contribution in [3.05, 3.63) is 28.7 Å². The number of rotatable bonds is 6. The molecule has 2 aromatic rings. The molecule has 0 unspecified atom stereocenters. The fourth-order valence-electron chi connectivity index (χ4n) is 6.14. The van der Waals surface area contributed by atoms with E-state index in [0.717, 1.165) is 44.2 Å². The number of aromatic nitrogens is 3. The van der Waals surface area contributed by atoms with Crippen molar-refractivity contribution in [2.75, 3.05) is 44.6 Å². The highest BCUT2D eigenvalue weighted by Gasteiger charge is 2.43. The number of likely N-dealkylation sites (tertiary alicyclic amines) is 1. The number of nitrogens with one attached hydrogen (secondary N) is 1. The van der Waals surface area contributed by atoms with Gasteiger partial charge in [0, 0.05) is 62.0 Å². The van der Waals surface area contributed by atoms with Crippen molar-refractivity contribution in [1.82, 2.24) is 28.0 Å². The topological polar surface area (TPSA) is 104 Å². The van der Waals surface area contributed by atoms with Crippen LogP contribution in [0.4, 0.5) is 5.95 Å². The number of anilines is 1. The van der Waals surface area contributed by atoms with Crippen LogP contribution < -0.4 is 10.9 Å². The van der Waals surface area contributed by atoms with E-state index in [2.05, 4.69) is 15.2 Å². The SMILES string of the molecule is O=c1ccc2cnc(NC3CCN(S(=O)(=O)N4CC(N5CCCC5)C4)CC3)nc2n1C1CCCC1. The zero-order chi connectivity index (χ0) is 24.0. The monoisotopic (exact) mass is 501 g/mol. The number of hydrogen-bond acceptors (Lipinski definition) is 7. The molecule has 1 saturated carbocycles. The highest BCUT2D eigenvalue weighted by atomic mass is 32.2. The van der Waals surface area contributed by atoms with Crippen molar-refractivity contribution in [1.29, 1.82) is 0 Å². The molecule has 1 N–H and O–H groups in total. The van der Waals surface area contributed by atoms with Gasteiger partial charge in [-0.05, 0) is 57.7 Å². The molecule has 35 heavy (non-hydrogen) atoms. The third-order valence-corrected chi connectivity index (χ3v) is 10.3. The van der Waals surface area contributed by atoms with Gasteiger partial charge in [-0.1, -0.05) is 12.8 Å². The second-order valence-corrected chi connectivity index (χ2v) is 12.4. The van der Waals surface area contributed by atoms with Crippen LogP contribution >= 0.6 is 0 Å². The van der Waals surface area contributed by atoms with Crippen LogP contribution in [0.1, 0.15) is 57.4 Å².